The zero-order chi connectivity index (χ0) is 28.8. The number of hydrogen-bond donors (Lipinski definition) is 7. The monoisotopic (exact) mass is 565 g/mol. The SMILES string of the molecule is CC(C)CC(N)C(=O)[NH2+]NC(=O)CCCCCNC(=O)C1=CC=C([NH2+]N=Cc2ccccc2S(=O)(=O)O)NC1. The summed E-state index contributed by atoms with van der Waals surface area (Å²) in [4.78, 5) is 35.9. The van der Waals surface area contributed by atoms with Crippen molar-refractivity contribution >= 4 is 34.1 Å². The first-order chi connectivity index (χ1) is 18.5. The summed E-state index contributed by atoms with van der Waals surface area (Å²) >= 11 is 0. The van der Waals surface area contributed by atoms with E-state index in [1.165, 1.54) is 29.8 Å². The summed E-state index contributed by atoms with van der Waals surface area (Å²) in [6, 6.07) is 5.33. The van der Waals surface area contributed by atoms with Crippen LogP contribution in [-0.4, -0.2) is 56.0 Å². The third-order valence-electron chi connectivity index (χ3n) is 5.70. The van der Waals surface area contributed by atoms with Gasteiger partial charge < -0.3 is 16.4 Å². The summed E-state index contributed by atoms with van der Waals surface area (Å²) in [5.74, 6) is 0.192. The van der Waals surface area contributed by atoms with E-state index in [9.17, 15) is 27.4 Å². The lowest BCUT2D eigenvalue weighted by Gasteiger charge is -2.13. The second kappa shape index (κ2) is 15.9. The van der Waals surface area contributed by atoms with Crippen LogP contribution in [-0.2, 0) is 24.5 Å². The minimum Gasteiger partial charge on any atom is -0.352 e. The maximum Gasteiger partial charge on any atom is 0.351 e. The van der Waals surface area contributed by atoms with Crippen LogP contribution in [0.1, 0.15) is 51.5 Å². The summed E-state index contributed by atoms with van der Waals surface area (Å²) in [5, 5.41) is 10.0. The predicted octanol–water partition coefficient (Wildman–Crippen LogP) is -1.63. The summed E-state index contributed by atoms with van der Waals surface area (Å²) in [6.45, 7) is 4.71. The van der Waals surface area contributed by atoms with Crippen molar-refractivity contribution in [1.82, 2.24) is 16.1 Å². The molecule has 10 N–H and O–H groups in total. The van der Waals surface area contributed by atoms with Gasteiger partial charge in [0, 0.05) is 30.2 Å². The third-order valence-corrected chi connectivity index (χ3v) is 6.62. The molecule has 0 saturated carbocycles. The van der Waals surface area contributed by atoms with E-state index in [0.29, 0.717) is 49.7 Å². The molecular formula is C25H39N7O6S+2. The molecule has 1 aliphatic rings. The molecule has 0 aromatic heterocycles. The average Bonchev–Trinajstić information content (AvgIpc) is 2.88. The lowest BCUT2D eigenvalue weighted by molar-refractivity contribution is -0.617. The second-order valence-corrected chi connectivity index (χ2v) is 10.9. The van der Waals surface area contributed by atoms with E-state index in [0.717, 1.165) is 11.8 Å². The largest absolute Gasteiger partial charge is 0.352 e. The van der Waals surface area contributed by atoms with E-state index in [-0.39, 0.29) is 34.6 Å². The van der Waals surface area contributed by atoms with Crippen LogP contribution in [0.4, 0.5) is 0 Å². The normalized spacial score (nSPS) is 14.4. The van der Waals surface area contributed by atoms with Gasteiger partial charge in [0.2, 0.25) is 11.7 Å². The minimum absolute atomic E-state index is 0.202. The van der Waals surface area contributed by atoms with Crippen LogP contribution >= 0.6 is 0 Å². The molecule has 1 unspecified atom stereocenters. The maximum atomic E-state index is 12.4. The van der Waals surface area contributed by atoms with E-state index in [1.54, 1.807) is 18.2 Å². The van der Waals surface area contributed by atoms with Gasteiger partial charge in [-0.15, -0.1) is 0 Å². The van der Waals surface area contributed by atoms with Crippen LogP contribution in [0.2, 0.25) is 0 Å². The number of nitrogens with zero attached hydrogens (tertiary/aromatic N) is 1. The summed E-state index contributed by atoms with van der Waals surface area (Å²) in [6.07, 6.45) is 7.59. The number of rotatable bonds is 14. The van der Waals surface area contributed by atoms with Crippen molar-refractivity contribution in [2.45, 2.75) is 56.9 Å². The number of quaternary nitrogens is 2. The molecule has 14 heteroatoms. The fraction of sp³-hybridized carbons (Fsp3) is 0.440. The minimum atomic E-state index is -4.36. The number of dihydropyridines is 1. The van der Waals surface area contributed by atoms with Gasteiger partial charge in [-0.1, -0.05) is 43.6 Å². The first-order valence-electron chi connectivity index (χ1n) is 12.7. The highest BCUT2D eigenvalue weighted by atomic mass is 32.2. The number of primary amides is 1. The number of allylic oxidation sites excluding steroid dienone is 2. The highest BCUT2D eigenvalue weighted by molar-refractivity contribution is 7.86. The molecule has 1 aliphatic heterocycles. The molecule has 1 heterocycles. The topological polar surface area (TPSA) is 213 Å². The molecule has 0 spiro atoms. The van der Waals surface area contributed by atoms with Gasteiger partial charge in [-0.25, -0.2) is 4.79 Å². The Hall–Kier alpha value is -3.43. The number of carbonyl (C=O) groups is 3. The molecule has 1 aromatic carbocycles. The van der Waals surface area contributed by atoms with Gasteiger partial charge in [0.25, 0.3) is 16.0 Å². The standard InChI is InChI=1S/C25H37N7O6S/c1-17(2)14-20(26)25(35)32-31-23(33)10-4-3-7-13-27-24(34)19-11-12-22(28-15-19)30-29-16-18-8-5-6-9-21(18)39(36,37)38/h5-6,8-9,11-12,16-17,20,28,30H,3-4,7,10,13-15,26H2,1-2H3,(H,27,34)(H,31,33)(H,32,35)(H,36,37,38)/p+2. The fourth-order valence-electron chi connectivity index (χ4n) is 3.63. The average molecular weight is 566 g/mol. The van der Waals surface area contributed by atoms with E-state index < -0.39 is 16.2 Å². The summed E-state index contributed by atoms with van der Waals surface area (Å²) in [5.41, 5.74) is 11.7. The molecule has 214 valence electrons. The van der Waals surface area contributed by atoms with Crippen molar-refractivity contribution in [3.05, 3.63) is 53.4 Å². The number of nitrogens with two attached hydrogens (primary N) is 3. The molecule has 1 aromatic rings. The molecule has 0 fully saturated rings. The van der Waals surface area contributed by atoms with Crippen molar-refractivity contribution < 1.29 is 38.2 Å². The maximum absolute atomic E-state index is 12.4. The molecule has 39 heavy (non-hydrogen) atoms. The number of hydrogen-bond acceptors (Lipinski definition) is 8. The lowest BCUT2D eigenvalue weighted by Crippen LogP contribution is -2.99. The third kappa shape index (κ3) is 11.9. The fourth-order valence-corrected chi connectivity index (χ4v) is 4.30. The van der Waals surface area contributed by atoms with Crippen molar-refractivity contribution in [1.29, 1.82) is 0 Å². The van der Waals surface area contributed by atoms with Gasteiger partial charge in [0.05, 0.1) is 12.8 Å². The Morgan fingerprint density at radius 3 is 2.59 bits per heavy atom. The van der Waals surface area contributed by atoms with Crippen LogP contribution in [0.15, 0.2) is 57.8 Å². The predicted molar refractivity (Wildman–Crippen MR) is 144 cm³/mol. The summed E-state index contributed by atoms with van der Waals surface area (Å²) in [7, 11) is -4.36. The number of amides is 3. The Kier molecular flexibility index (Phi) is 12.9. The van der Waals surface area contributed by atoms with Gasteiger partial charge in [0.15, 0.2) is 0 Å². The molecule has 0 saturated heterocycles. The molecule has 0 radical (unpaired) electrons. The highest BCUT2D eigenvalue weighted by Gasteiger charge is 2.20. The van der Waals surface area contributed by atoms with Crippen LogP contribution in [0.5, 0.6) is 0 Å². The Bertz CT molecular complexity index is 1210. The quantitative estimate of drug-likeness (QED) is 0.0346. The molecule has 0 aliphatic carbocycles. The Labute approximate surface area is 228 Å². The smallest absolute Gasteiger partial charge is 0.351 e. The van der Waals surface area contributed by atoms with E-state index in [1.807, 2.05) is 13.8 Å². The van der Waals surface area contributed by atoms with Crippen molar-refractivity contribution in [2.75, 3.05) is 13.1 Å². The van der Waals surface area contributed by atoms with Crippen LogP contribution in [0.25, 0.3) is 0 Å². The molecule has 13 nitrogen and oxygen atoms in total. The van der Waals surface area contributed by atoms with E-state index in [2.05, 4.69) is 21.2 Å². The van der Waals surface area contributed by atoms with Crippen molar-refractivity contribution in [3.63, 3.8) is 0 Å². The van der Waals surface area contributed by atoms with E-state index >= 15 is 0 Å². The summed E-state index contributed by atoms with van der Waals surface area (Å²) < 4.78 is 32.2. The van der Waals surface area contributed by atoms with Crippen LogP contribution in [0, 0.1) is 5.92 Å². The van der Waals surface area contributed by atoms with Gasteiger partial charge >= 0.3 is 5.91 Å². The zero-order valence-electron chi connectivity index (χ0n) is 22.2. The number of carbonyl (C=O) groups excluding carboxylic acids is 3. The molecule has 2 rings (SSSR count). The highest BCUT2D eigenvalue weighted by Crippen LogP contribution is 2.12. The molecule has 0 bridgehead atoms. The first kappa shape index (κ1) is 31.8. The number of benzene rings is 1. The van der Waals surface area contributed by atoms with E-state index in [4.69, 9.17) is 5.73 Å². The van der Waals surface area contributed by atoms with Gasteiger partial charge in [-0.3, -0.25) is 14.1 Å². The lowest BCUT2D eigenvalue weighted by atomic mass is 10.0. The van der Waals surface area contributed by atoms with Gasteiger partial charge in [-0.2, -0.15) is 24.7 Å². The number of unbranched alkanes of at least 4 members (excludes halogenated alkanes) is 2. The second-order valence-electron chi connectivity index (χ2n) is 9.50. The van der Waals surface area contributed by atoms with Crippen LogP contribution < -0.4 is 32.6 Å². The molecular weight excluding hydrogens is 526 g/mol. The van der Waals surface area contributed by atoms with Gasteiger partial charge in [-0.05, 0) is 37.3 Å². The Morgan fingerprint density at radius 2 is 1.92 bits per heavy atom. The molecule has 3 amide bonds. The Morgan fingerprint density at radius 1 is 1.18 bits per heavy atom. The zero-order valence-corrected chi connectivity index (χ0v) is 23.0. The van der Waals surface area contributed by atoms with Crippen LogP contribution in [0.3, 0.4) is 0 Å². The first-order valence-corrected chi connectivity index (χ1v) is 14.2. The Balaban J connectivity index is 1.65. The molecule has 1 atom stereocenters. The van der Waals surface area contributed by atoms with Gasteiger partial charge in [0.1, 0.15) is 10.9 Å². The van der Waals surface area contributed by atoms with Crippen molar-refractivity contribution in [3.8, 4) is 0 Å². The number of nitrogens with one attached hydrogen (secondary N) is 3. The van der Waals surface area contributed by atoms with Crippen molar-refractivity contribution in [2.24, 2.45) is 16.8 Å².